The first kappa shape index (κ1) is 61.8. The van der Waals surface area contributed by atoms with E-state index in [4.69, 9.17) is 21.6 Å². The summed E-state index contributed by atoms with van der Waals surface area (Å²) in [7, 11) is 0. The summed E-state index contributed by atoms with van der Waals surface area (Å²) < 4.78 is 10.0. The highest BCUT2D eigenvalue weighted by Gasteiger charge is 2.27. The molecule has 11 heteroatoms. The molecule has 24 rings (SSSR count). The molecule has 23 aromatic rings. The minimum absolute atomic E-state index is 0.280. The second-order valence-corrected chi connectivity index (χ2v) is 31.7. The third-order valence-corrected chi connectivity index (χ3v) is 25.9. The van der Waals surface area contributed by atoms with Gasteiger partial charge >= 0.3 is 0 Å². The van der Waals surface area contributed by atoms with Gasteiger partial charge in [-0.05, 0) is 109 Å². The molecular formula is C96H54ClN6S4+. The van der Waals surface area contributed by atoms with Crippen molar-refractivity contribution in [3.63, 3.8) is 0 Å². The second kappa shape index (κ2) is 24.8. The minimum atomic E-state index is 0.280. The SMILES string of the molecule is Clc1nc(-c2ccc(-c3ccc4ccccc4c3)cc2)c2c(n1)sc1ccccc12.[C+]1=Cc2[nH]c3c(c2C=C1)c1ccccc1c1sc2ccccc2c31.c1ccc2cc(-c3ccc(-c4nc(-n5c6ccccc6c6c7ccccc7c7sc8ccccc8c7c65)nc5sc6ccccc6c45)cc3)ccc2c1. The standard InChI is InChI=1S/C48H27N3S2.C26H15ClN2S.C22H12NS/c1-2-12-31-27-32(26-23-28(31)11-1)29-21-24-30(25-22-29)44-42-36-16-6-10-20-40(36)53-47(42)50-48(49-44)51-38-18-8-5-15-35(38)41-33-13-3-4-14-34(33)46-43(45(41)51)37-17-7-9-19-39(37)52-46;27-26-28-24(23-21-7-3-4-8-22(21)30-25(23)29-26)18-12-9-17(10-13-18)20-14-11-16-5-1-2-6-19(16)15-20;1-2-8-14-13(7-1)19-15-9-3-5-11-17(15)23-21(19)20-16-10-4-6-12-18(16)24-22(14)20/h1-27H;1-15H;1-4,6-12,23H/q;;+1. The van der Waals surface area contributed by atoms with E-state index in [1.165, 1.54) is 153 Å². The summed E-state index contributed by atoms with van der Waals surface area (Å²) in [4.78, 5) is 25.7. The largest absolute Gasteiger partial charge is 0.300 e. The van der Waals surface area contributed by atoms with E-state index in [-0.39, 0.29) is 5.28 Å². The molecule has 15 aromatic carbocycles. The monoisotopic (exact) mass is 1450 g/mol. The van der Waals surface area contributed by atoms with Gasteiger partial charge in [-0.3, -0.25) is 9.55 Å². The van der Waals surface area contributed by atoms with Crippen LogP contribution >= 0.6 is 56.9 Å². The van der Waals surface area contributed by atoms with E-state index in [0.29, 0.717) is 5.95 Å². The lowest BCUT2D eigenvalue weighted by molar-refractivity contribution is 1.02. The number of halogens is 1. The highest BCUT2D eigenvalue weighted by molar-refractivity contribution is 7.27. The molecule has 0 amide bonds. The van der Waals surface area contributed by atoms with Crippen molar-refractivity contribution >= 4 is 226 Å². The first-order valence-electron chi connectivity index (χ1n) is 35.6. The predicted octanol–water partition coefficient (Wildman–Crippen LogP) is 28.5. The Labute approximate surface area is 633 Å². The number of aromatic amines is 1. The quantitative estimate of drug-likeness (QED) is 0.138. The summed E-state index contributed by atoms with van der Waals surface area (Å²) in [6, 6.07) is 109. The van der Waals surface area contributed by atoms with Crippen LogP contribution in [0.5, 0.6) is 0 Å². The molecule has 1 N–H and O–H groups in total. The lowest BCUT2D eigenvalue weighted by atomic mass is 9.98. The van der Waals surface area contributed by atoms with Crippen LogP contribution < -0.4 is 0 Å². The lowest BCUT2D eigenvalue weighted by Crippen LogP contribution is -2.03. The van der Waals surface area contributed by atoms with E-state index >= 15 is 0 Å². The van der Waals surface area contributed by atoms with Crippen LogP contribution in [0.3, 0.4) is 0 Å². The first-order chi connectivity index (χ1) is 53.0. The molecule has 0 fully saturated rings. The van der Waals surface area contributed by atoms with Crippen LogP contribution in [0, 0.1) is 6.08 Å². The number of H-pyrrole nitrogens is 1. The number of nitrogens with one attached hydrogen (secondary N) is 1. The van der Waals surface area contributed by atoms with E-state index in [1.807, 2.05) is 40.9 Å². The van der Waals surface area contributed by atoms with Crippen molar-refractivity contribution in [3.8, 4) is 50.7 Å². The number of allylic oxidation sites excluding steroid dienone is 2. The molecule has 6 nitrogen and oxygen atoms in total. The number of rotatable bonds is 5. The summed E-state index contributed by atoms with van der Waals surface area (Å²) in [5.41, 5.74) is 14.6. The maximum atomic E-state index is 6.27. The van der Waals surface area contributed by atoms with E-state index in [0.717, 1.165) is 59.7 Å². The Bertz CT molecular complexity index is 7720. The molecule has 1 aliphatic rings. The Balaban J connectivity index is 0.000000111. The molecule has 0 atom stereocenters. The summed E-state index contributed by atoms with van der Waals surface area (Å²) in [5.74, 6) is 0.690. The average molecular weight is 1460 g/mol. The number of para-hydroxylation sites is 1. The van der Waals surface area contributed by atoms with Crippen LogP contribution in [0.2, 0.25) is 5.28 Å². The number of benzene rings is 15. The number of aromatic nitrogens is 6. The van der Waals surface area contributed by atoms with Crippen LogP contribution in [-0.2, 0) is 0 Å². The highest BCUT2D eigenvalue weighted by atomic mass is 35.5. The van der Waals surface area contributed by atoms with Gasteiger partial charge in [0.15, 0.2) is 5.69 Å². The van der Waals surface area contributed by atoms with Crippen molar-refractivity contribution in [3.05, 3.63) is 332 Å². The van der Waals surface area contributed by atoms with Crippen molar-refractivity contribution in [2.75, 3.05) is 0 Å². The van der Waals surface area contributed by atoms with Crippen LogP contribution in [0.15, 0.2) is 309 Å². The number of hydrogen-bond acceptors (Lipinski definition) is 8. The Morgan fingerprint density at radius 2 is 0.748 bits per heavy atom. The zero-order chi connectivity index (χ0) is 70.4. The van der Waals surface area contributed by atoms with Crippen LogP contribution in [0.4, 0.5) is 0 Å². The van der Waals surface area contributed by atoms with Gasteiger partial charge in [-0.1, -0.05) is 261 Å². The van der Waals surface area contributed by atoms with Crippen molar-refractivity contribution in [2.24, 2.45) is 0 Å². The molecule has 0 saturated heterocycles. The molecule has 0 spiro atoms. The summed E-state index contributed by atoms with van der Waals surface area (Å²) in [6.07, 6.45) is 9.41. The maximum absolute atomic E-state index is 6.27. The van der Waals surface area contributed by atoms with Gasteiger partial charge in [0.05, 0.1) is 34.0 Å². The molecule has 0 bridgehead atoms. The number of nitrogens with zero attached hydrogens (tertiary/aromatic N) is 5. The number of hydrogen-bond donors (Lipinski definition) is 1. The molecule has 8 aromatic heterocycles. The molecule has 498 valence electrons. The van der Waals surface area contributed by atoms with Crippen molar-refractivity contribution in [1.29, 1.82) is 0 Å². The van der Waals surface area contributed by atoms with E-state index in [9.17, 15) is 0 Å². The summed E-state index contributed by atoms with van der Waals surface area (Å²) in [5, 5.41) is 24.0. The molecule has 0 unspecified atom stereocenters. The molecule has 107 heavy (non-hydrogen) atoms. The fraction of sp³-hybridized carbons (Fsp3) is 0. The average Bonchev–Trinajstić information content (AvgIpc) is 1.52. The van der Waals surface area contributed by atoms with Gasteiger partial charge in [0.2, 0.25) is 11.2 Å². The predicted molar refractivity (Wildman–Crippen MR) is 462 cm³/mol. The Hall–Kier alpha value is -12.6. The zero-order valence-corrected chi connectivity index (χ0v) is 60.9. The van der Waals surface area contributed by atoms with Crippen molar-refractivity contribution < 1.29 is 0 Å². The zero-order valence-electron chi connectivity index (χ0n) is 56.8. The fourth-order valence-electron chi connectivity index (χ4n) is 16.4. The lowest BCUT2D eigenvalue weighted by Gasteiger charge is -2.12. The van der Waals surface area contributed by atoms with Gasteiger partial charge in [0, 0.05) is 115 Å². The molecular weight excluding hydrogens is 1400 g/mol. The molecule has 0 saturated carbocycles. The van der Waals surface area contributed by atoms with Crippen molar-refractivity contribution in [2.45, 2.75) is 0 Å². The Morgan fingerprint density at radius 1 is 0.327 bits per heavy atom. The van der Waals surface area contributed by atoms with Crippen LogP contribution in [0.1, 0.15) is 11.3 Å². The minimum Gasteiger partial charge on any atom is -0.300 e. The van der Waals surface area contributed by atoms with Gasteiger partial charge in [-0.25, -0.2) is 19.9 Å². The van der Waals surface area contributed by atoms with E-state index < -0.39 is 0 Å². The molecule has 0 radical (unpaired) electrons. The highest BCUT2D eigenvalue weighted by Crippen LogP contribution is 2.51. The smallest absolute Gasteiger partial charge is 0.236 e. The Morgan fingerprint density at radius 3 is 1.32 bits per heavy atom. The van der Waals surface area contributed by atoms with E-state index in [2.05, 4.69) is 329 Å². The number of thiophene rings is 4. The van der Waals surface area contributed by atoms with Gasteiger partial charge in [-0.15, -0.1) is 45.3 Å². The van der Waals surface area contributed by atoms with Crippen LogP contribution in [-0.4, -0.2) is 29.5 Å². The summed E-state index contributed by atoms with van der Waals surface area (Å²) >= 11 is 13.4. The van der Waals surface area contributed by atoms with Gasteiger partial charge in [0.25, 0.3) is 0 Å². The van der Waals surface area contributed by atoms with Gasteiger partial charge in [-0.2, -0.15) is 0 Å². The van der Waals surface area contributed by atoms with E-state index in [1.54, 1.807) is 22.7 Å². The third kappa shape index (κ3) is 10.00. The topological polar surface area (TPSA) is 72.3 Å². The maximum Gasteiger partial charge on any atom is 0.236 e. The molecule has 8 heterocycles. The Kier molecular flexibility index (Phi) is 14.3. The van der Waals surface area contributed by atoms with Gasteiger partial charge < -0.3 is 0 Å². The third-order valence-electron chi connectivity index (χ3n) is 21.2. The first-order valence-corrected chi connectivity index (χ1v) is 39.2. The van der Waals surface area contributed by atoms with Crippen LogP contribution in [0.25, 0.3) is 220 Å². The second-order valence-electron chi connectivity index (χ2n) is 27.2. The number of fused-ring (bicyclic) bond motifs is 28. The molecule has 1 aliphatic carbocycles. The fourth-order valence-corrected chi connectivity index (χ4v) is 21.2. The summed E-state index contributed by atoms with van der Waals surface area (Å²) in [6.45, 7) is 0. The normalized spacial score (nSPS) is 12.2. The van der Waals surface area contributed by atoms with Gasteiger partial charge in [0.1, 0.15) is 27.4 Å². The molecule has 0 aliphatic heterocycles. The van der Waals surface area contributed by atoms with Crippen molar-refractivity contribution in [1.82, 2.24) is 29.5 Å².